The predicted octanol–water partition coefficient (Wildman–Crippen LogP) is 3.08. The van der Waals surface area contributed by atoms with Gasteiger partial charge in [-0.3, -0.25) is 0 Å². The molecule has 0 unspecified atom stereocenters. The molecule has 0 saturated heterocycles. The Labute approximate surface area is 112 Å². The minimum atomic E-state index is -0.944. The number of carbonyl (C=O) groups is 1. The lowest BCUT2D eigenvalue weighted by Gasteiger charge is -2.06. The van der Waals surface area contributed by atoms with Crippen molar-refractivity contribution in [1.29, 1.82) is 0 Å². The average molecular weight is 258 g/mol. The third kappa shape index (κ3) is 3.02. The summed E-state index contributed by atoms with van der Waals surface area (Å²) < 4.78 is 1.61. The lowest BCUT2D eigenvalue weighted by molar-refractivity contribution is 0.0696. The number of carboxylic acids is 1. The van der Waals surface area contributed by atoms with Gasteiger partial charge in [-0.25, -0.2) is 9.48 Å². The number of aryl methyl sites for hydroxylation is 1. The lowest BCUT2D eigenvalue weighted by Crippen LogP contribution is -1.97. The van der Waals surface area contributed by atoms with Gasteiger partial charge in [0.2, 0.25) is 0 Å². The molecule has 0 fully saturated rings. The highest BCUT2D eigenvalue weighted by Crippen LogP contribution is 2.15. The van der Waals surface area contributed by atoms with Gasteiger partial charge in [0.25, 0.3) is 0 Å². The first-order valence-electron chi connectivity index (χ1n) is 6.36. The standard InChI is InChI=1S/C15H18N2O2/c1-10(2)8-12-4-6-13(7-5-12)17-9-14(15(18)19)11(3)16-17/h4-7,9-10H,8H2,1-3H3,(H,18,19). The lowest BCUT2D eigenvalue weighted by atomic mass is 10.0. The van der Waals surface area contributed by atoms with E-state index in [-0.39, 0.29) is 5.56 Å². The molecular weight excluding hydrogens is 240 g/mol. The summed E-state index contributed by atoms with van der Waals surface area (Å²) in [6.45, 7) is 6.07. The zero-order valence-corrected chi connectivity index (χ0v) is 11.4. The summed E-state index contributed by atoms with van der Waals surface area (Å²) in [4.78, 5) is 11.0. The summed E-state index contributed by atoms with van der Waals surface area (Å²) in [5, 5.41) is 13.2. The van der Waals surface area contributed by atoms with E-state index < -0.39 is 5.97 Å². The molecule has 100 valence electrons. The Morgan fingerprint density at radius 2 is 1.95 bits per heavy atom. The number of nitrogens with zero attached hydrogens (tertiary/aromatic N) is 2. The van der Waals surface area contributed by atoms with Crippen LogP contribution in [0.4, 0.5) is 0 Å². The minimum absolute atomic E-state index is 0.242. The average Bonchev–Trinajstić information content (AvgIpc) is 2.71. The van der Waals surface area contributed by atoms with Gasteiger partial charge >= 0.3 is 5.97 Å². The van der Waals surface area contributed by atoms with Crippen molar-refractivity contribution in [3.8, 4) is 5.69 Å². The zero-order valence-electron chi connectivity index (χ0n) is 11.4. The third-order valence-corrected chi connectivity index (χ3v) is 2.97. The van der Waals surface area contributed by atoms with E-state index in [1.165, 1.54) is 5.56 Å². The van der Waals surface area contributed by atoms with Crippen LogP contribution in [0.2, 0.25) is 0 Å². The van der Waals surface area contributed by atoms with E-state index >= 15 is 0 Å². The van der Waals surface area contributed by atoms with Crippen molar-refractivity contribution in [1.82, 2.24) is 9.78 Å². The Bertz CT molecular complexity index is 583. The number of hydrogen-bond acceptors (Lipinski definition) is 2. The third-order valence-electron chi connectivity index (χ3n) is 2.97. The van der Waals surface area contributed by atoms with Crippen molar-refractivity contribution in [2.75, 3.05) is 0 Å². The largest absolute Gasteiger partial charge is 0.478 e. The first-order valence-corrected chi connectivity index (χ1v) is 6.36. The number of benzene rings is 1. The Balaban J connectivity index is 2.27. The summed E-state index contributed by atoms with van der Waals surface area (Å²) in [7, 11) is 0. The summed E-state index contributed by atoms with van der Waals surface area (Å²) in [6, 6.07) is 8.06. The van der Waals surface area contributed by atoms with E-state index in [4.69, 9.17) is 5.11 Å². The van der Waals surface area contributed by atoms with E-state index in [1.807, 2.05) is 12.1 Å². The van der Waals surface area contributed by atoms with Crippen molar-refractivity contribution < 1.29 is 9.90 Å². The fourth-order valence-electron chi connectivity index (χ4n) is 2.06. The second-order valence-corrected chi connectivity index (χ2v) is 5.14. The number of aromatic carboxylic acids is 1. The molecule has 0 aliphatic carbocycles. The Morgan fingerprint density at radius 3 is 2.42 bits per heavy atom. The van der Waals surface area contributed by atoms with Gasteiger partial charge in [0.05, 0.1) is 11.4 Å². The number of carboxylic acid groups (broad SMARTS) is 1. The predicted molar refractivity (Wildman–Crippen MR) is 73.8 cm³/mol. The van der Waals surface area contributed by atoms with Crippen LogP contribution in [0.5, 0.6) is 0 Å². The topological polar surface area (TPSA) is 55.1 Å². The van der Waals surface area contributed by atoms with Crippen LogP contribution in [0.1, 0.15) is 35.5 Å². The Kier molecular flexibility index (Phi) is 3.69. The maximum atomic E-state index is 11.0. The molecule has 1 heterocycles. The van der Waals surface area contributed by atoms with Crippen molar-refractivity contribution in [3.05, 3.63) is 47.3 Å². The highest BCUT2D eigenvalue weighted by molar-refractivity contribution is 5.88. The molecule has 1 N–H and O–H groups in total. The molecule has 0 radical (unpaired) electrons. The van der Waals surface area contributed by atoms with Crippen molar-refractivity contribution in [3.63, 3.8) is 0 Å². The second-order valence-electron chi connectivity index (χ2n) is 5.14. The fourth-order valence-corrected chi connectivity index (χ4v) is 2.06. The SMILES string of the molecule is Cc1nn(-c2ccc(CC(C)C)cc2)cc1C(=O)O. The van der Waals surface area contributed by atoms with Crippen LogP contribution in [0, 0.1) is 12.8 Å². The van der Waals surface area contributed by atoms with Crippen LogP contribution in [-0.4, -0.2) is 20.9 Å². The molecule has 1 aromatic carbocycles. The smallest absolute Gasteiger partial charge is 0.339 e. The number of rotatable bonds is 4. The molecule has 2 rings (SSSR count). The molecule has 0 spiro atoms. The van der Waals surface area contributed by atoms with E-state index in [2.05, 4.69) is 31.1 Å². The molecule has 0 atom stereocenters. The first-order chi connectivity index (χ1) is 8.97. The van der Waals surface area contributed by atoms with E-state index in [9.17, 15) is 4.79 Å². The summed E-state index contributed by atoms with van der Waals surface area (Å²) >= 11 is 0. The van der Waals surface area contributed by atoms with Gasteiger partial charge < -0.3 is 5.11 Å². The maximum Gasteiger partial charge on any atom is 0.339 e. The molecule has 2 aromatic rings. The normalized spacial score (nSPS) is 10.9. The van der Waals surface area contributed by atoms with Gasteiger partial charge in [0.1, 0.15) is 5.56 Å². The molecule has 4 nitrogen and oxygen atoms in total. The van der Waals surface area contributed by atoms with Crippen LogP contribution in [0.3, 0.4) is 0 Å². The highest BCUT2D eigenvalue weighted by Gasteiger charge is 2.12. The van der Waals surface area contributed by atoms with Gasteiger partial charge in [0, 0.05) is 6.20 Å². The molecule has 0 aliphatic heterocycles. The van der Waals surface area contributed by atoms with E-state index in [0.29, 0.717) is 11.6 Å². The zero-order chi connectivity index (χ0) is 14.0. The van der Waals surface area contributed by atoms with Crippen LogP contribution in [-0.2, 0) is 6.42 Å². The van der Waals surface area contributed by atoms with Crippen molar-refractivity contribution >= 4 is 5.97 Å². The molecule has 19 heavy (non-hydrogen) atoms. The summed E-state index contributed by atoms with van der Waals surface area (Å²) in [5.74, 6) is -0.323. The minimum Gasteiger partial charge on any atom is -0.478 e. The van der Waals surface area contributed by atoms with Gasteiger partial charge in [-0.05, 0) is 37.0 Å². The quantitative estimate of drug-likeness (QED) is 0.916. The second kappa shape index (κ2) is 5.26. The molecule has 0 saturated carbocycles. The van der Waals surface area contributed by atoms with Crippen LogP contribution in [0.15, 0.2) is 30.5 Å². The molecular formula is C15H18N2O2. The maximum absolute atomic E-state index is 11.0. The number of aromatic nitrogens is 2. The van der Waals surface area contributed by atoms with Crippen molar-refractivity contribution in [2.45, 2.75) is 27.2 Å². The van der Waals surface area contributed by atoms with Gasteiger partial charge in [-0.2, -0.15) is 5.10 Å². The fraction of sp³-hybridized carbons (Fsp3) is 0.333. The number of hydrogen-bond donors (Lipinski definition) is 1. The Hall–Kier alpha value is -2.10. The van der Waals surface area contributed by atoms with Gasteiger partial charge in [-0.15, -0.1) is 0 Å². The highest BCUT2D eigenvalue weighted by atomic mass is 16.4. The monoisotopic (exact) mass is 258 g/mol. The van der Waals surface area contributed by atoms with Gasteiger partial charge in [-0.1, -0.05) is 26.0 Å². The Morgan fingerprint density at radius 1 is 1.32 bits per heavy atom. The van der Waals surface area contributed by atoms with Crippen LogP contribution in [0.25, 0.3) is 5.69 Å². The summed E-state index contributed by atoms with van der Waals surface area (Å²) in [6.07, 6.45) is 2.59. The molecule has 0 bridgehead atoms. The molecule has 0 amide bonds. The molecule has 1 aromatic heterocycles. The molecule has 0 aliphatic rings. The van der Waals surface area contributed by atoms with E-state index in [1.54, 1.807) is 17.8 Å². The van der Waals surface area contributed by atoms with Crippen molar-refractivity contribution in [2.24, 2.45) is 5.92 Å². The van der Waals surface area contributed by atoms with Gasteiger partial charge in [0.15, 0.2) is 0 Å². The molecule has 4 heteroatoms. The first kappa shape index (κ1) is 13.3. The van der Waals surface area contributed by atoms with E-state index in [0.717, 1.165) is 12.1 Å². The summed E-state index contributed by atoms with van der Waals surface area (Å²) in [5.41, 5.74) is 2.93. The van der Waals surface area contributed by atoms with Crippen LogP contribution < -0.4 is 0 Å². The van der Waals surface area contributed by atoms with Crippen LogP contribution >= 0.6 is 0 Å².